The summed E-state index contributed by atoms with van der Waals surface area (Å²) >= 11 is 0. The van der Waals surface area contributed by atoms with Gasteiger partial charge in [0.1, 0.15) is 0 Å². The first-order valence-electron chi connectivity index (χ1n) is 10.2. The van der Waals surface area contributed by atoms with Crippen molar-refractivity contribution in [2.24, 2.45) is 16.9 Å². The van der Waals surface area contributed by atoms with E-state index in [0.29, 0.717) is 23.4 Å². The molecule has 0 saturated heterocycles. The predicted molar refractivity (Wildman–Crippen MR) is 111 cm³/mol. The first-order valence-corrected chi connectivity index (χ1v) is 10.2. The second-order valence-electron chi connectivity index (χ2n) is 8.28. The quantitative estimate of drug-likeness (QED) is 0.784. The lowest BCUT2D eigenvalue weighted by Gasteiger charge is -2.34. The number of carbonyl (C=O) groups is 1. The average Bonchev–Trinajstić information content (AvgIpc) is 3.35. The molecule has 2 aromatic carbocycles. The number of carboxylic acid groups (broad SMARTS) is 1. The Kier molecular flexibility index (Phi) is 4.11. The minimum absolute atomic E-state index is 0.360. The van der Waals surface area contributed by atoms with E-state index in [1.165, 1.54) is 25.7 Å². The van der Waals surface area contributed by atoms with Crippen LogP contribution < -0.4 is 10.7 Å². The van der Waals surface area contributed by atoms with Gasteiger partial charge in [0, 0.05) is 17.2 Å². The zero-order chi connectivity index (χ0) is 19.3. The average molecular weight is 375 g/mol. The van der Waals surface area contributed by atoms with Crippen molar-refractivity contribution in [3.8, 4) is 0 Å². The maximum Gasteiger partial charge on any atom is 0.335 e. The van der Waals surface area contributed by atoms with Crippen molar-refractivity contribution in [2.75, 3.05) is 10.7 Å². The van der Waals surface area contributed by atoms with Crippen molar-refractivity contribution >= 4 is 23.1 Å². The van der Waals surface area contributed by atoms with Crippen LogP contribution in [0.15, 0.2) is 47.6 Å². The van der Waals surface area contributed by atoms with Crippen LogP contribution in [0.4, 0.5) is 11.4 Å². The number of rotatable bonds is 3. The van der Waals surface area contributed by atoms with E-state index in [2.05, 4.69) is 17.1 Å². The maximum atomic E-state index is 11.4. The molecular formula is C23H25N3O2. The summed E-state index contributed by atoms with van der Waals surface area (Å²) in [7, 11) is 0. The van der Waals surface area contributed by atoms with Gasteiger partial charge in [-0.3, -0.25) is 5.01 Å². The minimum Gasteiger partial charge on any atom is -0.478 e. The van der Waals surface area contributed by atoms with E-state index >= 15 is 0 Å². The Balaban J connectivity index is 1.58. The summed E-state index contributed by atoms with van der Waals surface area (Å²) in [5, 5.41) is 16.7. The molecule has 2 aromatic rings. The van der Waals surface area contributed by atoms with E-state index in [4.69, 9.17) is 10.8 Å². The Bertz CT molecular complexity index is 945. The summed E-state index contributed by atoms with van der Waals surface area (Å²) in [6, 6.07) is 13.9. The molecule has 28 heavy (non-hydrogen) atoms. The molecule has 0 aromatic heterocycles. The molecule has 3 N–H and O–H groups in total. The van der Waals surface area contributed by atoms with Crippen molar-refractivity contribution in [3.05, 3.63) is 59.2 Å². The topological polar surface area (TPSA) is 78.9 Å². The van der Waals surface area contributed by atoms with Crippen LogP contribution in [0, 0.1) is 11.8 Å². The standard InChI is InChI=1S/C23H25N3O2/c24-17-7-9-18(10-8-17)26-22(14-3-1-2-4-14)20-12-5-15-13-16(23(27)28)6-11-19(15)21(20)25-26/h6-11,13-14,20,22H,1-5,12,24H2,(H,27,28)/t20-,22-/m0/s1. The third-order valence-electron chi connectivity index (χ3n) is 6.65. The van der Waals surface area contributed by atoms with E-state index in [1.54, 1.807) is 6.07 Å². The largest absolute Gasteiger partial charge is 0.478 e. The third kappa shape index (κ3) is 2.77. The van der Waals surface area contributed by atoms with E-state index in [9.17, 15) is 9.90 Å². The summed E-state index contributed by atoms with van der Waals surface area (Å²) in [6.45, 7) is 0. The molecule has 0 spiro atoms. The predicted octanol–water partition coefficient (Wildman–Crippen LogP) is 4.31. The number of hydrazone groups is 1. The highest BCUT2D eigenvalue weighted by atomic mass is 16.4. The summed E-state index contributed by atoms with van der Waals surface area (Å²) in [5.74, 6) is 0.193. The van der Waals surface area contributed by atoms with Gasteiger partial charge in [-0.2, -0.15) is 5.10 Å². The number of anilines is 2. The van der Waals surface area contributed by atoms with E-state index in [1.807, 2.05) is 24.3 Å². The van der Waals surface area contributed by atoms with E-state index < -0.39 is 5.97 Å². The number of fused-ring (bicyclic) bond motifs is 3. The molecule has 5 nitrogen and oxygen atoms in total. The molecule has 1 aliphatic heterocycles. The normalized spacial score (nSPS) is 24.0. The molecule has 5 rings (SSSR count). The lowest BCUT2D eigenvalue weighted by Crippen LogP contribution is -2.40. The van der Waals surface area contributed by atoms with Gasteiger partial charge in [-0.05, 0) is 73.6 Å². The number of hydrogen-bond acceptors (Lipinski definition) is 4. The number of nitrogens with zero attached hydrogens (tertiary/aromatic N) is 2. The highest BCUT2D eigenvalue weighted by molar-refractivity contribution is 6.07. The third-order valence-corrected chi connectivity index (χ3v) is 6.65. The van der Waals surface area contributed by atoms with Gasteiger partial charge in [-0.1, -0.05) is 18.9 Å². The first kappa shape index (κ1) is 17.3. The maximum absolute atomic E-state index is 11.4. The number of aryl methyl sites for hydroxylation is 1. The Hall–Kier alpha value is -2.82. The fourth-order valence-corrected chi connectivity index (χ4v) is 5.33. The Morgan fingerprint density at radius 2 is 1.82 bits per heavy atom. The monoisotopic (exact) mass is 375 g/mol. The van der Waals surface area contributed by atoms with Crippen molar-refractivity contribution in [1.82, 2.24) is 0 Å². The van der Waals surface area contributed by atoms with Crippen LogP contribution in [-0.4, -0.2) is 22.8 Å². The number of nitrogen functional groups attached to an aromatic ring is 1. The smallest absolute Gasteiger partial charge is 0.335 e. The zero-order valence-electron chi connectivity index (χ0n) is 15.8. The first-order chi connectivity index (χ1) is 13.6. The lowest BCUT2D eigenvalue weighted by molar-refractivity contribution is 0.0696. The number of carboxylic acids is 1. The van der Waals surface area contributed by atoms with Crippen molar-refractivity contribution in [3.63, 3.8) is 0 Å². The summed E-state index contributed by atoms with van der Waals surface area (Å²) in [6.07, 6.45) is 7.08. The molecule has 3 aliphatic rings. The molecular weight excluding hydrogens is 350 g/mol. The van der Waals surface area contributed by atoms with Crippen LogP contribution in [0.25, 0.3) is 0 Å². The van der Waals surface area contributed by atoms with Gasteiger partial charge in [0.05, 0.1) is 23.0 Å². The van der Waals surface area contributed by atoms with E-state index in [0.717, 1.165) is 41.1 Å². The number of aromatic carboxylic acids is 1. The van der Waals surface area contributed by atoms with Crippen LogP contribution in [-0.2, 0) is 6.42 Å². The zero-order valence-corrected chi connectivity index (χ0v) is 15.8. The van der Waals surface area contributed by atoms with Gasteiger partial charge in [0.15, 0.2) is 0 Å². The van der Waals surface area contributed by atoms with Crippen molar-refractivity contribution < 1.29 is 9.90 Å². The number of benzene rings is 2. The summed E-state index contributed by atoms with van der Waals surface area (Å²) in [5.41, 5.74) is 11.5. The molecule has 2 aliphatic carbocycles. The van der Waals surface area contributed by atoms with Crippen LogP contribution in [0.5, 0.6) is 0 Å². The van der Waals surface area contributed by atoms with E-state index in [-0.39, 0.29) is 0 Å². The van der Waals surface area contributed by atoms with Crippen LogP contribution >= 0.6 is 0 Å². The molecule has 0 bridgehead atoms. The van der Waals surface area contributed by atoms with Gasteiger partial charge < -0.3 is 10.8 Å². The highest BCUT2D eigenvalue weighted by Gasteiger charge is 2.45. The lowest BCUT2D eigenvalue weighted by atomic mass is 9.75. The molecule has 2 atom stereocenters. The Morgan fingerprint density at radius 1 is 1.07 bits per heavy atom. The molecule has 0 amide bonds. The summed E-state index contributed by atoms with van der Waals surface area (Å²) in [4.78, 5) is 11.4. The molecule has 1 fully saturated rings. The second-order valence-corrected chi connectivity index (χ2v) is 8.28. The van der Waals surface area contributed by atoms with Gasteiger partial charge in [-0.15, -0.1) is 0 Å². The molecule has 0 unspecified atom stereocenters. The Morgan fingerprint density at radius 3 is 2.54 bits per heavy atom. The SMILES string of the molecule is Nc1ccc(N2N=C3c4ccc(C(=O)O)cc4CC[C@@H]3[C@@H]2C2CCCC2)cc1. The van der Waals surface area contributed by atoms with Gasteiger partial charge in [0.25, 0.3) is 0 Å². The number of nitrogens with two attached hydrogens (primary N) is 1. The van der Waals surface area contributed by atoms with Gasteiger partial charge >= 0.3 is 5.97 Å². The molecule has 1 heterocycles. The van der Waals surface area contributed by atoms with Crippen LogP contribution in [0.2, 0.25) is 0 Å². The van der Waals surface area contributed by atoms with Gasteiger partial charge in [-0.25, -0.2) is 4.79 Å². The van der Waals surface area contributed by atoms with Crippen LogP contribution in [0.1, 0.15) is 53.6 Å². The highest BCUT2D eigenvalue weighted by Crippen LogP contribution is 2.44. The molecule has 1 saturated carbocycles. The van der Waals surface area contributed by atoms with Crippen LogP contribution in [0.3, 0.4) is 0 Å². The molecule has 5 heteroatoms. The number of hydrogen-bond donors (Lipinski definition) is 2. The Labute approximate surface area is 164 Å². The minimum atomic E-state index is -0.870. The van der Waals surface area contributed by atoms with Crippen molar-refractivity contribution in [2.45, 2.75) is 44.6 Å². The second kappa shape index (κ2) is 6.66. The fourth-order valence-electron chi connectivity index (χ4n) is 5.33. The molecule has 0 radical (unpaired) electrons. The fraction of sp³-hybridized carbons (Fsp3) is 0.391. The van der Waals surface area contributed by atoms with Gasteiger partial charge in [0.2, 0.25) is 0 Å². The summed E-state index contributed by atoms with van der Waals surface area (Å²) < 4.78 is 0. The van der Waals surface area contributed by atoms with Crippen molar-refractivity contribution in [1.29, 1.82) is 0 Å². The molecule has 144 valence electrons.